The lowest BCUT2D eigenvalue weighted by Gasteiger charge is -2.26. The van der Waals surface area contributed by atoms with Crippen molar-refractivity contribution in [2.24, 2.45) is 0 Å². The highest BCUT2D eigenvalue weighted by atomic mass is 19.4. The Hall–Kier alpha value is -3.33. The van der Waals surface area contributed by atoms with Crippen LogP contribution in [0.4, 0.5) is 17.6 Å². The van der Waals surface area contributed by atoms with Gasteiger partial charge < -0.3 is 19.1 Å². The van der Waals surface area contributed by atoms with Gasteiger partial charge in [-0.25, -0.2) is 4.39 Å². The van der Waals surface area contributed by atoms with Gasteiger partial charge in [-0.05, 0) is 41.0 Å². The highest BCUT2D eigenvalue weighted by Gasteiger charge is 2.34. The van der Waals surface area contributed by atoms with Gasteiger partial charge in [0.05, 0.1) is 33.0 Å². The summed E-state index contributed by atoms with van der Waals surface area (Å²) in [5.74, 6) is -0.702. The molecule has 1 heterocycles. The Morgan fingerprint density at radius 3 is 2.36 bits per heavy atom. The molecule has 0 atom stereocenters. The number of carbonyl (C=O) groups is 1. The first-order valence-corrected chi connectivity index (χ1v) is 10.1. The van der Waals surface area contributed by atoms with Gasteiger partial charge in [-0.3, -0.25) is 4.79 Å². The maximum absolute atomic E-state index is 13.6. The minimum Gasteiger partial charge on any atom is -0.493 e. The van der Waals surface area contributed by atoms with E-state index in [0.29, 0.717) is 48.9 Å². The minimum atomic E-state index is -4.82. The second-order valence-corrected chi connectivity index (χ2v) is 7.18. The van der Waals surface area contributed by atoms with E-state index in [4.69, 9.17) is 14.2 Å². The van der Waals surface area contributed by atoms with Crippen molar-refractivity contribution in [2.75, 3.05) is 40.5 Å². The summed E-state index contributed by atoms with van der Waals surface area (Å²) in [6.07, 6.45) is -0.518. The molecule has 176 valence electrons. The Kier molecular flexibility index (Phi) is 7.75. The van der Waals surface area contributed by atoms with Crippen molar-refractivity contribution in [2.45, 2.75) is 6.18 Å². The van der Waals surface area contributed by atoms with Gasteiger partial charge >= 0.3 is 6.18 Å². The van der Waals surface area contributed by atoms with E-state index in [1.807, 2.05) is 0 Å². The Balaban J connectivity index is 2.00. The van der Waals surface area contributed by atoms with E-state index in [0.717, 1.165) is 12.1 Å². The number of morpholine rings is 1. The summed E-state index contributed by atoms with van der Waals surface area (Å²) in [7, 11) is 2.96. The summed E-state index contributed by atoms with van der Waals surface area (Å²) in [6, 6.07) is 7.75. The molecule has 2 aromatic rings. The molecule has 33 heavy (non-hydrogen) atoms. The lowest BCUT2D eigenvalue weighted by molar-refractivity contribution is -0.140. The number of methoxy groups -OCH3 is 2. The van der Waals surface area contributed by atoms with Crippen molar-refractivity contribution < 1.29 is 36.6 Å². The standard InChI is InChI=1S/C24H23F4NO4/c1-31-21-8-6-17(14-22(21)32-2)18(15-23(30)29-9-11-33-12-10-29)5-3-16-4-7-20(25)19(13-16)24(26,27)28/h3-8,13-15H,9-12H2,1-2H3. The number of hydrogen-bond donors (Lipinski definition) is 0. The number of rotatable bonds is 6. The first-order chi connectivity index (χ1) is 15.7. The minimum absolute atomic E-state index is 0.133. The van der Waals surface area contributed by atoms with Gasteiger partial charge in [-0.1, -0.05) is 24.3 Å². The van der Waals surface area contributed by atoms with Crippen LogP contribution in [0.2, 0.25) is 0 Å². The highest BCUT2D eigenvalue weighted by Crippen LogP contribution is 2.33. The van der Waals surface area contributed by atoms with Crippen LogP contribution in [0, 0.1) is 5.82 Å². The zero-order chi connectivity index (χ0) is 24.0. The van der Waals surface area contributed by atoms with Gasteiger partial charge in [0.2, 0.25) is 5.91 Å². The number of ether oxygens (including phenoxy) is 3. The molecule has 5 nitrogen and oxygen atoms in total. The molecular formula is C24H23F4NO4. The molecule has 1 saturated heterocycles. The number of hydrogen-bond acceptors (Lipinski definition) is 4. The summed E-state index contributed by atoms with van der Waals surface area (Å²) in [5.41, 5.74) is -0.200. The fraction of sp³-hybridized carbons (Fsp3) is 0.292. The van der Waals surface area contributed by atoms with Gasteiger partial charge in [-0.2, -0.15) is 13.2 Å². The van der Waals surface area contributed by atoms with Crippen LogP contribution in [0.25, 0.3) is 11.6 Å². The normalized spacial score (nSPS) is 15.1. The number of amides is 1. The van der Waals surface area contributed by atoms with Crippen molar-refractivity contribution >= 4 is 17.6 Å². The van der Waals surface area contributed by atoms with Crippen molar-refractivity contribution in [1.82, 2.24) is 4.90 Å². The van der Waals surface area contributed by atoms with E-state index in [1.165, 1.54) is 38.5 Å². The average Bonchev–Trinajstić information content (AvgIpc) is 2.81. The smallest absolute Gasteiger partial charge is 0.419 e. The summed E-state index contributed by atoms with van der Waals surface area (Å²) in [4.78, 5) is 14.4. The SMILES string of the molecule is COc1ccc(C(C=Cc2ccc(F)c(C(F)(F)F)c2)=CC(=O)N2CCOCC2)cc1OC. The molecule has 0 saturated carbocycles. The lowest BCUT2D eigenvalue weighted by atomic mass is 10.0. The molecule has 0 N–H and O–H groups in total. The van der Waals surface area contributed by atoms with Crippen LogP contribution < -0.4 is 9.47 Å². The Bertz CT molecular complexity index is 1060. The zero-order valence-corrected chi connectivity index (χ0v) is 18.1. The molecular weight excluding hydrogens is 442 g/mol. The predicted octanol–water partition coefficient (Wildman–Crippen LogP) is 4.82. The van der Waals surface area contributed by atoms with Crippen LogP contribution in [0.1, 0.15) is 16.7 Å². The number of benzene rings is 2. The molecule has 0 unspecified atom stereocenters. The zero-order valence-electron chi connectivity index (χ0n) is 18.1. The average molecular weight is 465 g/mol. The Labute approximate surface area is 188 Å². The number of carbonyl (C=O) groups excluding carboxylic acids is 1. The molecule has 0 aliphatic carbocycles. The van der Waals surface area contributed by atoms with Crippen LogP contribution in [0.3, 0.4) is 0 Å². The first-order valence-electron chi connectivity index (χ1n) is 10.1. The van der Waals surface area contributed by atoms with E-state index in [2.05, 4.69) is 0 Å². The van der Waals surface area contributed by atoms with Gasteiger partial charge in [-0.15, -0.1) is 0 Å². The third-order valence-electron chi connectivity index (χ3n) is 5.07. The number of halogens is 4. The fourth-order valence-corrected chi connectivity index (χ4v) is 3.30. The van der Waals surface area contributed by atoms with Crippen LogP contribution in [0.15, 0.2) is 48.6 Å². The van der Waals surface area contributed by atoms with Gasteiger partial charge in [0.25, 0.3) is 0 Å². The second-order valence-electron chi connectivity index (χ2n) is 7.18. The molecule has 1 fully saturated rings. The maximum Gasteiger partial charge on any atom is 0.419 e. The molecule has 2 aromatic carbocycles. The number of nitrogens with zero attached hydrogens (tertiary/aromatic N) is 1. The second kappa shape index (κ2) is 10.5. The molecule has 1 aliphatic rings. The molecule has 0 spiro atoms. The molecule has 0 bridgehead atoms. The van der Waals surface area contributed by atoms with Crippen LogP contribution in [0.5, 0.6) is 11.5 Å². The number of allylic oxidation sites excluding steroid dienone is 2. The molecule has 0 aromatic heterocycles. The molecule has 3 rings (SSSR count). The number of alkyl halides is 3. The topological polar surface area (TPSA) is 48.0 Å². The first kappa shape index (κ1) is 24.3. The fourth-order valence-electron chi connectivity index (χ4n) is 3.30. The Morgan fingerprint density at radius 2 is 1.73 bits per heavy atom. The monoisotopic (exact) mass is 465 g/mol. The van der Waals surface area contributed by atoms with Crippen LogP contribution >= 0.6 is 0 Å². The summed E-state index contributed by atoms with van der Waals surface area (Å²) >= 11 is 0. The van der Waals surface area contributed by atoms with E-state index in [-0.39, 0.29) is 11.5 Å². The summed E-state index contributed by atoms with van der Waals surface area (Å²) < 4.78 is 68.6. The molecule has 1 aliphatic heterocycles. The maximum atomic E-state index is 13.6. The van der Waals surface area contributed by atoms with E-state index in [9.17, 15) is 22.4 Å². The van der Waals surface area contributed by atoms with Crippen molar-refractivity contribution in [3.8, 4) is 11.5 Å². The van der Waals surface area contributed by atoms with E-state index >= 15 is 0 Å². The molecule has 0 radical (unpaired) electrons. The molecule has 9 heteroatoms. The van der Waals surface area contributed by atoms with Gasteiger partial charge in [0.1, 0.15) is 5.82 Å². The largest absolute Gasteiger partial charge is 0.493 e. The van der Waals surface area contributed by atoms with Gasteiger partial charge in [0, 0.05) is 19.2 Å². The van der Waals surface area contributed by atoms with Crippen LogP contribution in [-0.2, 0) is 15.7 Å². The van der Waals surface area contributed by atoms with Crippen molar-refractivity contribution in [3.63, 3.8) is 0 Å². The lowest BCUT2D eigenvalue weighted by Crippen LogP contribution is -2.39. The predicted molar refractivity (Wildman–Crippen MR) is 115 cm³/mol. The van der Waals surface area contributed by atoms with E-state index in [1.54, 1.807) is 23.1 Å². The quantitative estimate of drug-likeness (QED) is 0.349. The third kappa shape index (κ3) is 6.13. The van der Waals surface area contributed by atoms with Crippen molar-refractivity contribution in [1.29, 1.82) is 0 Å². The highest BCUT2D eigenvalue weighted by molar-refractivity contribution is 5.98. The van der Waals surface area contributed by atoms with Gasteiger partial charge in [0.15, 0.2) is 11.5 Å². The van der Waals surface area contributed by atoms with Crippen molar-refractivity contribution in [3.05, 3.63) is 71.1 Å². The summed E-state index contributed by atoms with van der Waals surface area (Å²) in [5, 5.41) is 0. The van der Waals surface area contributed by atoms with E-state index < -0.39 is 17.6 Å². The third-order valence-corrected chi connectivity index (χ3v) is 5.07. The van der Waals surface area contributed by atoms with Crippen LogP contribution in [-0.4, -0.2) is 51.3 Å². The molecule has 1 amide bonds. The Morgan fingerprint density at radius 1 is 1.03 bits per heavy atom. The summed E-state index contributed by atoms with van der Waals surface area (Å²) in [6.45, 7) is 1.73.